The zero-order chi connectivity index (χ0) is 22.2. The molecule has 3 aliphatic rings. The maximum absolute atomic E-state index is 13.5. The molecule has 32 heavy (non-hydrogen) atoms. The molecule has 0 fully saturated rings. The van der Waals surface area contributed by atoms with Crippen LogP contribution in [0.2, 0.25) is 0 Å². The molecule has 1 unspecified atom stereocenters. The number of carbonyl (C=O) groups excluding carboxylic acids is 2. The quantitative estimate of drug-likeness (QED) is 0.664. The van der Waals surface area contributed by atoms with Crippen molar-refractivity contribution in [3.63, 3.8) is 0 Å². The van der Waals surface area contributed by atoms with E-state index in [4.69, 9.17) is 19.2 Å². The van der Waals surface area contributed by atoms with Gasteiger partial charge in [0.25, 0.3) is 0 Å². The van der Waals surface area contributed by atoms with Crippen LogP contribution in [-0.4, -0.2) is 30.9 Å². The minimum Gasteiger partial charge on any atom is -0.465 e. The Morgan fingerprint density at radius 2 is 1.84 bits per heavy atom. The van der Waals surface area contributed by atoms with Crippen LogP contribution in [0.4, 0.5) is 0 Å². The van der Waals surface area contributed by atoms with Gasteiger partial charge >= 0.3 is 5.97 Å². The van der Waals surface area contributed by atoms with Crippen LogP contribution in [0, 0.1) is 5.92 Å². The topological polar surface area (TPSA) is 74.2 Å². The van der Waals surface area contributed by atoms with E-state index in [9.17, 15) is 9.59 Å². The highest BCUT2D eigenvalue weighted by molar-refractivity contribution is 6.09. The molecule has 0 saturated carbocycles. The molecule has 0 spiro atoms. The van der Waals surface area contributed by atoms with E-state index >= 15 is 0 Å². The van der Waals surface area contributed by atoms with Crippen molar-refractivity contribution in [3.05, 3.63) is 70.9 Å². The van der Waals surface area contributed by atoms with Crippen LogP contribution >= 0.6 is 0 Å². The first kappa shape index (κ1) is 20.5. The van der Waals surface area contributed by atoms with Crippen molar-refractivity contribution in [1.82, 2.24) is 0 Å². The molecule has 0 aromatic heterocycles. The Hall–Kier alpha value is -3.41. The van der Waals surface area contributed by atoms with Gasteiger partial charge in [0.2, 0.25) is 6.79 Å². The minimum absolute atomic E-state index is 0.0355. The monoisotopic (exact) mass is 431 g/mol. The number of ketones is 1. The minimum atomic E-state index is -0.647. The molecule has 6 heteroatoms. The fourth-order valence-electron chi connectivity index (χ4n) is 5.02. The third kappa shape index (κ3) is 3.49. The van der Waals surface area contributed by atoms with Gasteiger partial charge in [-0.25, -0.2) is 0 Å². The second-order valence-electron chi connectivity index (χ2n) is 8.37. The van der Waals surface area contributed by atoms with Crippen molar-refractivity contribution in [2.45, 2.75) is 38.5 Å². The highest BCUT2D eigenvalue weighted by Crippen LogP contribution is 2.48. The van der Waals surface area contributed by atoms with Gasteiger partial charge in [0.1, 0.15) is 5.92 Å². The standard InChI is InChI=1S/C26H25NO5/c1-3-30-26(29)23-15(2)27-19-11-18(16-7-5-4-6-8-16)12-20(28)25(19)24(23)17-9-10-21-22(13-17)32-14-31-21/h4-10,13,18,23-24H,3,11-12,14H2,1-2H3/t18-,23?,24-/m1/s1. The molecule has 6 nitrogen and oxygen atoms in total. The summed E-state index contributed by atoms with van der Waals surface area (Å²) in [5.74, 6) is -0.0646. The van der Waals surface area contributed by atoms with Crippen molar-refractivity contribution in [2.24, 2.45) is 10.9 Å². The van der Waals surface area contributed by atoms with E-state index in [-0.39, 0.29) is 31.1 Å². The highest BCUT2D eigenvalue weighted by Gasteiger charge is 2.45. The number of fused-ring (bicyclic) bond motifs is 1. The second-order valence-corrected chi connectivity index (χ2v) is 8.37. The lowest BCUT2D eigenvalue weighted by Crippen LogP contribution is -2.38. The predicted molar refractivity (Wildman–Crippen MR) is 119 cm³/mol. The first-order valence-corrected chi connectivity index (χ1v) is 11.0. The molecule has 0 amide bonds. The number of ether oxygens (including phenoxy) is 3. The molecule has 0 saturated heterocycles. The molecule has 0 radical (unpaired) electrons. The van der Waals surface area contributed by atoms with E-state index in [0.29, 0.717) is 35.6 Å². The highest BCUT2D eigenvalue weighted by atomic mass is 16.7. The maximum Gasteiger partial charge on any atom is 0.315 e. The largest absolute Gasteiger partial charge is 0.465 e. The van der Waals surface area contributed by atoms with Gasteiger partial charge in [-0.1, -0.05) is 36.4 Å². The number of aliphatic imine (C=N–C) groups is 1. The summed E-state index contributed by atoms with van der Waals surface area (Å²) in [6.45, 7) is 4.06. The van der Waals surface area contributed by atoms with Crippen LogP contribution in [0.3, 0.4) is 0 Å². The van der Waals surface area contributed by atoms with Crippen LogP contribution in [-0.2, 0) is 14.3 Å². The van der Waals surface area contributed by atoms with Crippen LogP contribution < -0.4 is 9.47 Å². The van der Waals surface area contributed by atoms with Crippen LogP contribution in [0.1, 0.15) is 49.7 Å². The number of hydrogen-bond acceptors (Lipinski definition) is 6. The fourth-order valence-corrected chi connectivity index (χ4v) is 5.02. The molecule has 2 aromatic rings. The number of Topliss-reactive ketones (excluding diaryl/α,β-unsaturated/α-hetero) is 1. The van der Waals surface area contributed by atoms with E-state index in [1.165, 1.54) is 0 Å². The molecule has 0 bridgehead atoms. The Kier molecular flexibility index (Phi) is 5.29. The Bertz CT molecular complexity index is 1130. The summed E-state index contributed by atoms with van der Waals surface area (Å²) in [7, 11) is 0. The number of esters is 1. The third-order valence-electron chi connectivity index (χ3n) is 6.46. The van der Waals surface area contributed by atoms with E-state index in [1.54, 1.807) is 6.92 Å². The SMILES string of the molecule is CCOC(=O)C1C(C)=NC2=C(C(=O)C[C@H](c3ccccc3)C2)[C@@H]1c1ccc2c(c1)OCO2. The molecule has 2 aliphatic heterocycles. The normalized spacial score (nSPS) is 24.1. The van der Waals surface area contributed by atoms with Gasteiger partial charge in [-0.15, -0.1) is 0 Å². The molecule has 1 aliphatic carbocycles. The maximum atomic E-state index is 13.5. The van der Waals surface area contributed by atoms with Gasteiger partial charge < -0.3 is 14.2 Å². The molecular formula is C26H25NO5. The zero-order valence-corrected chi connectivity index (χ0v) is 18.2. The summed E-state index contributed by atoms with van der Waals surface area (Å²) in [6, 6.07) is 15.7. The van der Waals surface area contributed by atoms with Crippen molar-refractivity contribution < 1.29 is 23.8 Å². The van der Waals surface area contributed by atoms with E-state index < -0.39 is 11.8 Å². The molecule has 2 aromatic carbocycles. The number of benzene rings is 2. The summed E-state index contributed by atoms with van der Waals surface area (Å²) >= 11 is 0. The van der Waals surface area contributed by atoms with Crippen molar-refractivity contribution >= 4 is 17.5 Å². The predicted octanol–water partition coefficient (Wildman–Crippen LogP) is 4.55. The van der Waals surface area contributed by atoms with Crippen LogP contribution in [0.25, 0.3) is 0 Å². The Labute approximate surface area is 186 Å². The summed E-state index contributed by atoms with van der Waals surface area (Å²) < 4.78 is 16.4. The van der Waals surface area contributed by atoms with Crippen molar-refractivity contribution in [1.29, 1.82) is 0 Å². The third-order valence-corrected chi connectivity index (χ3v) is 6.46. The molecule has 2 heterocycles. The van der Waals surface area contributed by atoms with Gasteiger partial charge in [-0.2, -0.15) is 0 Å². The van der Waals surface area contributed by atoms with Gasteiger partial charge in [-0.3, -0.25) is 14.6 Å². The lowest BCUT2D eigenvalue weighted by molar-refractivity contribution is -0.146. The summed E-state index contributed by atoms with van der Waals surface area (Å²) in [6.07, 6.45) is 1.06. The molecule has 0 N–H and O–H groups in total. The van der Waals surface area contributed by atoms with Crippen LogP contribution in [0.5, 0.6) is 11.5 Å². The Morgan fingerprint density at radius 1 is 1.06 bits per heavy atom. The zero-order valence-electron chi connectivity index (χ0n) is 18.2. The first-order chi connectivity index (χ1) is 15.6. The van der Waals surface area contributed by atoms with Gasteiger partial charge in [0, 0.05) is 29.3 Å². The Morgan fingerprint density at radius 3 is 2.62 bits per heavy atom. The smallest absolute Gasteiger partial charge is 0.315 e. The lowest BCUT2D eigenvalue weighted by Gasteiger charge is -2.36. The van der Waals surface area contributed by atoms with Gasteiger partial charge in [0.05, 0.1) is 6.61 Å². The fraction of sp³-hybridized carbons (Fsp3) is 0.346. The van der Waals surface area contributed by atoms with Crippen molar-refractivity contribution in [2.75, 3.05) is 13.4 Å². The molecule has 5 rings (SSSR count). The summed E-state index contributed by atoms with van der Waals surface area (Å²) in [5, 5.41) is 0. The van der Waals surface area contributed by atoms with E-state index in [1.807, 2.05) is 43.3 Å². The number of rotatable bonds is 4. The summed E-state index contributed by atoms with van der Waals surface area (Å²) in [4.78, 5) is 31.3. The molecular weight excluding hydrogens is 406 g/mol. The first-order valence-electron chi connectivity index (χ1n) is 11.0. The molecule has 164 valence electrons. The van der Waals surface area contributed by atoms with E-state index in [0.717, 1.165) is 16.8 Å². The molecule has 3 atom stereocenters. The lowest BCUT2D eigenvalue weighted by atomic mass is 9.69. The number of hydrogen-bond donors (Lipinski definition) is 0. The summed E-state index contributed by atoms with van der Waals surface area (Å²) in [5.41, 5.74) is 4.04. The average Bonchev–Trinajstić information content (AvgIpc) is 3.26. The van der Waals surface area contributed by atoms with Gasteiger partial charge in [0.15, 0.2) is 17.3 Å². The second kappa shape index (κ2) is 8.26. The average molecular weight is 431 g/mol. The number of allylic oxidation sites excluding steroid dienone is 2. The van der Waals surface area contributed by atoms with Crippen LogP contribution in [0.15, 0.2) is 64.8 Å². The van der Waals surface area contributed by atoms with Gasteiger partial charge in [-0.05, 0) is 49.4 Å². The van der Waals surface area contributed by atoms with E-state index in [2.05, 4.69) is 12.1 Å². The Balaban J connectivity index is 1.60. The number of nitrogens with zero attached hydrogens (tertiary/aromatic N) is 1. The van der Waals surface area contributed by atoms with Crippen molar-refractivity contribution in [3.8, 4) is 11.5 Å². The number of carbonyl (C=O) groups is 2.